The van der Waals surface area contributed by atoms with E-state index in [0.29, 0.717) is 11.3 Å². The number of nitroso groups, excluding NO2 is 1. The predicted molar refractivity (Wildman–Crippen MR) is 82.8 cm³/mol. The van der Waals surface area contributed by atoms with Crippen LogP contribution in [0.1, 0.15) is 17.0 Å². The van der Waals surface area contributed by atoms with Crippen LogP contribution in [0.5, 0.6) is 5.75 Å². The maximum absolute atomic E-state index is 12.2. The minimum atomic E-state index is -1.40. The molecule has 6 nitrogen and oxygen atoms in total. The molecule has 0 fully saturated rings. The van der Waals surface area contributed by atoms with Gasteiger partial charge in [0.2, 0.25) is 0 Å². The zero-order valence-electron chi connectivity index (χ0n) is 12.5. The van der Waals surface area contributed by atoms with E-state index in [4.69, 9.17) is 9.47 Å². The Morgan fingerprint density at radius 2 is 1.83 bits per heavy atom. The largest absolute Gasteiger partial charge is 0.497 e. The molecular weight excluding hydrogens is 298 g/mol. The maximum atomic E-state index is 12.2. The number of benzene rings is 2. The molecule has 0 radical (unpaired) electrons. The number of hydrogen-bond donors (Lipinski definition) is 0. The molecule has 0 aromatic heterocycles. The normalized spacial score (nSPS) is 11.3. The first-order valence-electron chi connectivity index (χ1n) is 6.87. The average molecular weight is 313 g/mol. The van der Waals surface area contributed by atoms with Crippen molar-refractivity contribution in [2.24, 2.45) is 5.18 Å². The lowest BCUT2D eigenvalue weighted by Gasteiger charge is -2.13. The van der Waals surface area contributed by atoms with Crippen molar-refractivity contribution in [3.63, 3.8) is 0 Å². The van der Waals surface area contributed by atoms with E-state index >= 15 is 0 Å². The van der Waals surface area contributed by atoms with Gasteiger partial charge >= 0.3 is 11.9 Å². The zero-order chi connectivity index (χ0) is 16.7. The highest BCUT2D eigenvalue weighted by molar-refractivity contribution is 6.03. The summed E-state index contributed by atoms with van der Waals surface area (Å²) in [6.45, 7) is 0.00623. The number of ether oxygens (including phenoxy) is 2. The molecule has 1 unspecified atom stereocenters. The van der Waals surface area contributed by atoms with E-state index in [1.807, 2.05) is 6.07 Å². The number of amides is 1. The summed E-state index contributed by atoms with van der Waals surface area (Å²) in [5, 5.41) is 2.37. The molecule has 0 saturated carbocycles. The van der Waals surface area contributed by atoms with Gasteiger partial charge in [-0.25, -0.2) is 0 Å². The molecule has 6 heteroatoms. The van der Waals surface area contributed by atoms with Crippen molar-refractivity contribution in [3.8, 4) is 5.75 Å². The first-order chi connectivity index (χ1) is 11.2. The van der Waals surface area contributed by atoms with Gasteiger partial charge in [-0.15, -0.1) is 4.91 Å². The van der Waals surface area contributed by atoms with Crippen LogP contribution in [0.4, 0.5) is 0 Å². The molecule has 0 N–H and O–H groups in total. The van der Waals surface area contributed by atoms with Crippen molar-refractivity contribution in [2.45, 2.75) is 12.5 Å². The standard InChI is InChI=1S/C17H15NO5/c1-22-14-9-5-8-13(10-14)15(16(19)18-21)17(20)23-11-12-6-3-2-4-7-12/h2-10,15H,11H2,1H3. The maximum Gasteiger partial charge on any atom is 0.323 e. The topological polar surface area (TPSA) is 82.0 Å². The van der Waals surface area contributed by atoms with Gasteiger partial charge in [0.25, 0.3) is 0 Å². The smallest absolute Gasteiger partial charge is 0.323 e. The average Bonchev–Trinajstić information content (AvgIpc) is 2.61. The van der Waals surface area contributed by atoms with E-state index in [1.54, 1.807) is 42.5 Å². The fraction of sp³-hybridized carbons (Fsp3) is 0.176. The number of esters is 1. The monoisotopic (exact) mass is 313 g/mol. The van der Waals surface area contributed by atoms with Crippen molar-refractivity contribution in [3.05, 3.63) is 70.6 Å². The SMILES string of the molecule is COc1cccc(C(C(=O)N=O)C(=O)OCc2ccccc2)c1. The van der Waals surface area contributed by atoms with Crippen LogP contribution in [0.15, 0.2) is 59.8 Å². The van der Waals surface area contributed by atoms with Crippen LogP contribution < -0.4 is 4.74 Å². The van der Waals surface area contributed by atoms with E-state index in [9.17, 15) is 14.5 Å². The minimum Gasteiger partial charge on any atom is -0.497 e. The van der Waals surface area contributed by atoms with Crippen molar-refractivity contribution in [1.82, 2.24) is 0 Å². The second-order valence-electron chi connectivity index (χ2n) is 4.73. The molecule has 1 atom stereocenters. The number of rotatable bonds is 6. The Kier molecular flexibility index (Phi) is 5.57. The Morgan fingerprint density at radius 3 is 2.48 bits per heavy atom. The number of carbonyl (C=O) groups is 2. The van der Waals surface area contributed by atoms with Gasteiger partial charge < -0.3 is 9.47 Å². The van der Waals surface area contributed by atoms with Gasteiger partial charge in [0.1, 0.15) is 12.4 Å². The lowest BCUT2D eigenvalue weighted by Crippen LogP contribution is -2.22. The highest BCUT2D eigenvalue weighted by Crippen LogP contribution is 2.24. The molecule has 0 aliphatic heterocycles. The summed E-state index contributed by atoms with van der Waals surface area (Å²) in [5.74, 6) is -2.86. The lowest BCUT2D eigenvalue weighted by atomic mass is 9.98. The highest BCUT2D eigenvalue weighted by Gasteiger charge is 2.31. The second-order valence-corrected chi connectivity index (χ2v) is 4.73. The summed E-state index contributed by atoms with van der Waals surface area (Å²) in [7, 11) is 1.46. The molecule has 23 heavy (non-hydrogen) atoms. The van der Waals surface area contributed by atoms with Gasteiger partial charge in [-0.2, -0.15) is 0 Å². The molecule has 0 spiro atoms. The van der Waals surface area contributed by atoms with Crippen LogP contribution in [-0.2, 0) is 20.9 Å². The molecule has 0 heterocycles. The van der Waals surface area contributed by atoms with E-state index < -0.39 is 17.8 Å². The predicted octanol–water partition coefficient (Wildman–Crippen LogP) is 2.82. The number of methoxy groups -OCH3 is 1. The molecule has 1 amide bonds. The third-order valence-electron chi connectivity index (χ3n) is 3.22. The molecule has 118 valence electrons. The lowest BCUT2D eigenvalue weighted by molar-refractivity contribution is -0.149. The molecule has 0 bridgehead atoms. The second kappa shape index (κ2) is 7.84. The van der Waals surface area contributed by atoms with Crippen LogP contribution in [-0.4, -0.2) is 19.0 Å². The van der Waals surface area contributed by atoms with E-state index in [1.165, 1.54) is 13.2 Å². The molecule has 2 aromatic rings. The quantitative estimate of drug-likeness (QED) is 0.465. The van der Waals surface area contributed by atoms with Crippen molar-refractivity contribution >= 4 is 11.9 Å². The molecule has 2 rings (SSSR count). The van der Waals surface area contributed by atoms with Crippen molar-refractivity contribution in [2.75, 3.05) is 7.11 Å². The molecule has 0 aliphatic carbocycles. The van der Waals surface area contributed by atoms with Gasteiger partial charge in [0, 0.05) is 5.18 Å². The minimum absolute atomic E-state index is 0.00623. The first kappa shape index (κ1) is 16.4. The van der Waals surface area contributed by atoms with Gasteiger partial charge in [-0.05, 0) is 23.3 Å². The fourth-order valence-corrected chi connectivity index (χ4v) is 2.07. The molecule has 0 aliphatic rings. The summed E-state index contributed by atoms with van der Waals surface area (Å²) >= 11 is 0. The molecule has 0 saturated heterocycles. The summed E-state index contributed by atoms with van der Waals surface area (Å²) in [4.78, 5) is 34.6. The Bertz CT molecular complexity index is 699. The Balaban J connectivity index is 2.18. The van der Waals surface area contributed by atoms with Gasteiger partial charge in [0.15, 0.2) is 5.92 Å². The van der Waals surface area contributed by atoms with Gasteiger partial charge in [-0.1, -0.05) is 42.5 Å². The summed E-state index contributed by atoms with van der Waals surface area (Å²) in [6.07, 6.45) is 0. The van der Waals surface area contributed by atoms with Crippen LogP contribution in [0.3, 0.4) is 0 Å². The van der Waals surface area contributed by atoms with Crippen LogP contribution in [0.2, 0.25) is 0 Å². The summed E-state index contributed by atoms with van der Waals surface area (Å²) in [6, 6.07) is 15.3. The van der Waals surface area contributed by atoms with Crippen LogP contribution >= 0.6 is 0 Å². The Hall–Kier alpha value is -3.02. The number of carbonyl (C=O) groups excluding carboxylic acids is 2. The molecule has 2 aromatic carbocycles. The summed E-state index contributed by atoms with van der Waals surface area (Å²) in [5.41, 5.74) is 1.07. The first-order valence-corrected chi connectivity index (χ1v) is 6.87. The Labute approximate surface area is 133 Å². The zero-order valence-corrected chi connectivity index (χ0v) is 12.5. The summed E-state index contributed by atoms with van der Waals surface area (Å²) < 4.78 is 10.2. The van der Waals surface area contributed by atoms with Gasteiger partial charge in [0.05, 0.1) is 7.11 Å². The van der Waals surface area contributed by atoms with Crippen LogP contribution in [0.25, 0.3) is 0 Å². The Morgan fingerprint density at radius 1 is 1.09 bits per heavy atom. The fourth-order valence-electron chi connectivity index (χ4n) is 2.07. The van der Waals surface area contributed by atoms with Crippen LogP contribution in [0, 0.1) is 4.91 Å². The van der Waals surface area contributed by atoms with Crippen molar-refractivity contribution in [1.29, 1.82) is 0 Å². The van der Waals surface area contributed by atoms with Crippen molar-refractivity contribution < 1.29 is 19.1 Å². The third kappa shape index (κ3) is 4.23. The third-order valence-corrected chi connectivity index (χ3v) is 3.22. The number of hydrogen-bond acceptors (Lipinski definition) is 5. The molecular formula is C17H15NO5. The van der Waals surface area contributed by atoms with E-state index in [2.05, 4.69) is 5.18 Å². The highest BCUT2D eigenvalue weighted by atomic mass is 16.5. The van der Waals surface area contributed by atoms with E-state index in [0.717, 1.165) is 5.56 Å². The number of nitrogens with zero attached hydrogens (tertiary/aromatic N) is 1. The van der Waals surface area contributed by atoms with Gasteiger partial charge in [-0.3, -0.25) is 9.59 Å². The van der Waals surface area contributed by atoms with E-state index in [-0.39, 0.29) is 6.61 Å².